The molecule has 2 bridgehead atoms. The van der Waals surface area contributed by atoms with Crippen molar-refractivity contribution < 1.29 is 9.90 Å². The molecule has 0 aromatic carbocycles. The van der Waals surface area contributed by atoms with Crippen molar-refractivity contribution in [3.63, 3.8) is 0 Å². The molecule has 2 aliphatic rings. The normalized spacial score (nSPS) is 25.1. The van der Waals surface area contributed by atoms with E-state index in [2.05, 4.69) is 14.9 Å². The largest absolute Gasteiger partial charge is 0.480 e. The quantitative estimate of drug-likeness (QED) is 0.864. The van der Waals surface area contributed by atoms with E-state index in [1.165, 1.54) is 30.7 Å². The third kappa shape index (κ3) is 2.75. The van der Waals surface area contributed by atoms with Gasteiger partial charge in [0.2, 0.25) is 5.95 Å². The zero-order valence-electron chi connectivity index (χ0n) is 11.7. The van der Waals surface area contributed by atoms with E-state index in [9.17, 15) is 4.79 Å². The van der Waals surface area contributed by atoms with Crippen molar-refractivity contribution in [2.45, 2.75) is 31.8 Å². The van der Waals surface area contributed by atoms with Crippen LogP contribution in [-0.4, -0.2) is 52.1 Å². The molecule has 108 valence electrons. The summed E-state index contributed by atoms with van der Waals surface area (Å²) in [6, 6.07) is 0.745. The number of carbonyl (C=O) groups is 1. The topological polar surface area (TPSA) is 69.6 Å². The number of hydrogen-bond donors (Lipinski definition) is 1. The van der Waals surface area contributed by atoms with Gasteiger partial charge in [-0.3, -0.25) is 9.69 Å². The van der Waals surface area contributed by atoms with Gasteiger partial charge in [-0.25, -0.2) is 9.97 Å². The highest BCUT2D eigenvalue weighted by Crippen LogP contribution is 2.37. The first-order chi connectivity index (χ1) is 9.61. The molecule has 0 radical (unpaired) electrons. The fraction of sp³-hybridized carbons (Fsp3) is 0.643. The van der Waals surface area contributed by atoms with Crippen LogP contribution in [0, 0.1) is 5.92 Å². The minimum Gasteiger partial charge on any atom is -0.480 e. The van der Waals surface area contributed by atoms with E-state index >= 15 is 0 Å². The smallest absolute Gasteiger partial charge is 0.323 e. The van der Waals surface area contributed by atoms with Gasteiger partial charge in [-0.05, 0) is 25.2 Å². The number of carboxylic acid groups (broad SMARTS) is 1. The standard InChI is InChI=1S/C14H20N4O2/c1-17(9-13(19)20)14-15-5-11(6-16-14)8-18-7-10-2-3-12(18)4-10/h5-6,10,12H,2-4,7-9H2,1H3,(H,19,20)/t10-,12-/m0/s1. The Morgan fingerprint density at radius 1 is 1.45 bits per heavy atom. The van der Waals surface area contributed by atoms with E-state index in [0.717, 1.165) is 24.1 Å². The molecule has 6 nitrogen and oxygen atoms in total. The number of rotatable bonds is 5. The van der Waals surface area contributed by atoms with Crippen molar-refractivity contribution in [3.05, 3.63) is 18.0 Å². The van der Waals surface area contributed by atoms with Crippen LogP contribution in [-0.2, 0) is 11.3 Å². The Morgan fingerprint density at radius 2 is 2.20 bits per heavy atom. The van der Waals surface area contributed by atoms with Crippen LogP contribution in [0.15, 0.2) is 12.4 Å². The number of aliphatic carboxylic acids is 1. The highest BCUT2D eigenvalue weighted by Gasteiger charge is 2.37. The average Bonchev–Trinajstić information content (AvgIpc) is 3.01. The van der Waals surface area contributed by atoms with Crippen molar-refractivity contribution in [1.29, 1.82) is 0 Å². The Kier molecular flexibility index (Phi) is 3.56. The van der Waals surface area contributed by atoms with Gasteiger partial charge in [-0.2, -0.15) is 0 Å². The van der Waals surface area contributed by atoms with Gasteiger partial charge >= 0.3 is 5.97 Å². The summed E-state index contributed by atoms with van der Waals surface area (Å²) in [6.45, 7) is 2.02. The summed E-state index contributed by atoms with van der Waals surface area (Å²) in [7, 11) is 1.68. The van der Waals surface area contributed by atoms with Crippen molar-refractivity contribution in [3.8, 4) is 0 Å². The molecule has 2 heterocycles. The van der Waals surface area contributed by atoms with Gasteiger partial charge in [-0.15, -0.1) is 0 Å². The van der Waals surface area contributed by atoms with Gasteiger partial charge in [0.1, 0.15) is 6.54 Å². The molecular formula is C14H20N4O2. The Bertz CT molecular complexity index is 490. The van der Waals surface area contributed by atoms with Crippen molar-refractivity contribution in [2.75, 3.05) is 25.0 Å². The Hall–Kier alpha value is -1.69. The molecule has 1 saturated carbocycles. The van der Waals surface area contributed by atoms with E-state index in [1.54, 1.807) is 7.05 Å². The number of likely N-dealkylation sites (tertiary alicyclic amines) is 1. The molecule has 0 spiro atoms. The van der Waals surface area contributed by atoms with Gasteiger partial charge < -0.3 is 10.0 Å². The van der Waals surface area contributed by atoms with Gasteiger partial charge in [0.25, 0.3) is 0 Å². The number of hydrogen-bond acceptors (Lipinski definition) is 5. The first-order valence-electron chi connectivity index (χ1n) is 7.09. The van der Waals surface area contributed by atoms with E-state index in [-0.39, 0.29) is 6.54 Å². The van der Waals surface area contributed by atoms with Crippen molar-refractivity contribution in [1.82, 2.24) is 14.9 Å². The van der Waals surface area contributed by atoms with Gasteiger partial charge in [0.05, 0.1) is 0 Å². The molecule has 0 amide bonds. The fourth-order valence-corrected chi connectivity index (χ4v) is 3.36. The predicted octanol–water partition coefficient (Wildman–Crippen LogP) is 0.982. The second kappa shape index (κ2) is 5.36. The SMILES string of the molecule is CN(CC(=O)O)c1ncc(CN2C[C@H]3CC[C@H]2C3)cn1. The monoisotopic (exact) mass is 276 g/mol. The molecule has 3 rings (SSSR count). The van der Waals surface area contributed by atoms with Crippen molar-refractivity contribution >= 4 is 11.9 Å². The zero-order valence-corrected chi connectivity index (χ0v) is 11.7. The second-order valence-electron chi connectivity index (χ2n) is 5.90. The van der Waals surface area contributed by atoms with E-state index in [1.807, 2.05) is 12.4 Å². The summed E-state index contributed by atoms with van der Waals surface area (Å²) in [5, 5.41) is 8.75. The van der Waals surface area contributed by atoms with Crippen LogP contribution in [0.3, 0.4) is 0 Å². The highest BCUT2D eigenvalue weighted by molar-refractivity contribution is 5.72. The van der Waals surface area contributed by atoms with Gasteiger partial charge in [0.15, 0.2) is 0 Å². The molecule has 1 aromatic heterocycles. The fourth-order valence-electron chi connectivity index (χ4n) is 3.36. The Labute approximate surface area is 118 Å². The molecule has 2 fully saturated rings. The second-order valence-corrected chi connectivity index (χ2v) is 5.90. The van der Waals surface area contributed by atoms with Crippen LogP contribution in [0.1, 0.15) is 24.8 Å². The third-order valence-electron chi connectivity index (χ3n) is 4.31. The number of fused-ring (bicyclic) bond motifs is 2. The maximum absolute atomic E-state index is 10.6. The number of nitrogens with zero attached hydrogens (tertiary/aromatic N) is 4. The van der Waals surface area contributed by atoms with E-state index in [4.69, 9.17) is 5.11 Å². The maximum Gasteiger partial charge on any atom is 0.323 e. The predicted molar refractivity (Wildman–Crippen MR) is 74.5 cm³/mol. The minimum atomic E-state index is -0.881. The molecule has 20 heavy (non-hydrogen) atoms. The van der Waals surface area contributed by atoms with Crippen LogP contribution < -0.4 is 4.90 Å². The highest BCUT2D eigenvalue weighted by atomic mass is 16.4. The lowest BCUT2D eigenvalue weighted by molar-refractivity contribution is -0.135. The molecule has 1 saturated heterocycles. The van der Waals surface area contributed by atoms with Crippen molar-refractivity contribution in [2.24, 2.45) is 5.92 Å². The lowest BCUT2D eigenvalue weighted by Crippen LogP contribution is -2.31. The average molecular weight is 276 g/mol. The summed E-state index contributed by atoms with van der Waals surface area (Å²) >= 11 is 0. The Balaban J connectivity index is 1.60. The molecular weight excluding hydrogens is 256 g/mol. The summed E-state index contributed by atoms with van der Waals surface area (Å²) in [4.78, 5) is 23.2. The third-order valence-corrected chi connectivity index (χ3v) is 4.31. The van der Waals surface area contributed by atoms with Crippen LogP contribution in [0.5, 0.6) is 0 Å². The number of likely N-dealkylation sites (N-methyl/N-ethyl adjacent to an activating group) is 1. The number of piperidine rings is 1. The summed E-state index contributed by atoms with van der Waals surface area (Å²) in [5.41, 5.74) is 1.10. The first kappa shape index (κ1) is 13.3. The van der Waals surface area contributed by atoms with Crippen LogP contribution in [0.4, 0.5) is 5.95 Å². The lowest BCUT2D eigenvalue weighted by Gasteiger charge is -2.26. The van der Waals surface area contributed by atoms with E-state index < -0.39 is 5.97 Å². The van der Waals surface area contributed by atoms with Crippen LogP contribution in [0.2, 0.25) is 0 Å². The lowest BCUT2D eigenvalue weighted by atomic mass is 10.1. The maximum atomic E-state index is 10.6. The summed E-state index contributed by atoms with van der Waals surface area (Å²) in [6.07, 6.45) is 7.68. The first-order valence-corrected chi connectivity index (χ1v) is 7.09. The molecule has 1 aliphatic heterocycles. The van der Waals surface area contributed by atoms with Gasteiger partial charge in [0, 0.05) is 44.1 Å². The summed E-state index contributed by atoms with van der Waals surface area (Å²) in [5.74, 6) is 0.467. The van der Waals surface area contributed by atoms with E-state index in [0.29, 0.717) is 5.95 Å². The molecule has 0 unspecified atom stereocenters. The summed E-state index contributed by atoms with van der Waals surface area (Å²) < 4.78 is 0. The van der Waals surface area contributed by atoms with Crippen LogP contribution >= 0.6 is 0 Å². The van der Waals surface area contributed by atoms with Crippen LogP contribution in [0.25, 0.3) is 0 Å². The molecule has 2 atom stereocenters. The number of anilines is 1. The van der Waals surface area contributed by atoms with Gasteiger partial charge in [-0.1, -0.05) is 0 Å². The number of carboxylic acids is 1. The minimum absolute atomic E-state index is 0.0881. The Morgan fingerprint density at radius 3 is 2.75 bits per heavy atom. The molecule has 1 aromatic rings. The zero-order chi connectivity index (χ0) is 14.1. The molecule has 6 heteroatoms. The molecule has 1 aliphatic carbocycles. The molecule has 1 N–H and O–H groups in total. The number of aromatic nitrogens is 2.